The van der Waals surface area contributed by atoms with Crippen molar-refractivity contribution < 1.29 is 9.63 Å². The lowest BCUT2D eigenvalue weighted by molar-refractivity contribution is -0.130. The molecule has 1 aromatic carbocycles. The van der Waals surface area contributed by atoms with Crippen molar-refractivity contribution in [1.82, 2.24) is 15.9 Å². The molecule has 0 saturated carbocycles. The van der Waals surface area contributed by atoms with Gasteiger partial charge in [-0.3, -0.25) is 20.6 Å². The quantitative estimate of drug-likeness (QED) is 0.365. The topological polar surface area (TPSA) is 77.5 Å². The van der Waals surface area contributed by atoms with Crippen LogP contribution in [0.2, 0.25) is 10.0 Å². The van der Waals surface area contributed by atoms with E-state index in [-0.39, 0.29) is 30.2 Å². The van der Waals surface area contributed by atoms with Crippen LogP contribution < -0.4 is 15.7 Å². The monoisotopic (exact) mass is 410 g/mol. The summed E-state index contributed by atoms with van der Waals surface area (Å²) in [5.41, 5.74) is 5.97. The maximum absolute atomic E-state index is 11.5. The van der Waals surface area contributed by atoms with Crippen LogP contribution in [0.5, 0.6) is 5.75 Å². The summed E-state index contributed by atoms with van der Waals surface area (Å²) in [6.45, 7) is 7.94. The summed E-state index contributed by atoms with van der Waals surface area (Å²) in [4.78, 5) is 17.0. The fourth-order valence-electron chi connectivity index (χ4n) is 2.05. The van der Waals surface area contributed by atoms with Crippen LogP contribution in [0.15, 0.2) is 12.1 Å². The zero-order chi connectivity index (χ0) is 18.3. The molecule has 1 unspecified atom stereocenters. The molecule has 0 aliphatic carbocycles. The van der Waals surface area contributed by atoms with E-state index in [1.165, 1.54) is 11.9 Å². The highest BCUT2D eigenvalue weighted by atomic mass is 35.5. The number of nitrogens with zero attached hydrogens (tertiary/aromatic N) is 1. The van der Waals surface area contributed by atoms with Crippen molar-refractivity contribution in [2.24, 2.45) is 0 Å². The summed E-state index contributed by atoms with van der Waals surface area (Å²) in [7, 11) is 0. The van der Waals surface area contributed by atoms with Crippen LogP contribution in [-0.2, 0) is 4.79 Å². The predicted octanol–water partition coefficient (Wildman–Crippen LogP) is 4.51. The van der Waals surface area contributed by atoms with E-state index in [4.69, 9.17) is 33.4 Å². The molecule has 3 N–H and O–H groups in total. The summed E-state index contributed by atoms with van der Waals surface area (Å²) >= 11 is 12.3. The average molecular weight is 412 g/mol. The van der Waals surface area contributed by atoms with Gasteiger partial charge in [-0.2, -0.15) is 5.48 Å². The Kier molecular flexibility index (Phi) is 10.7. The molecule has 1 amide bonds. The Balaban J connectivity index is 0.00000576. The van der Waals surface area contributed by atoms with Crippen LogP contribution in [0.25, 0.3) is 0 Å². The zero-order valence-corrected chi connectivity index (χ0v) is 17.1. The normalized spacial score (nSPS) is 11.1. The van der Waals surface area contributed by atoms with E-state index < -0.39 is 0 Å². The number of carbonyl (C=O) groups excluding carboxylic acids is 1. The van der Waals surface area contributed by atoms with Gasteiger partial charge in [0.2, 0.25) is 11.9 Å². The first-order valence-corrected chi connectivity index (χ1v) is 8.60. The van der Waals surface area contributed by atoms with Crippen molar-refractivity contribution in [1.29, 1.82) is 5.41 Å². The number of halogens is 3. The lowest BCUT2D eigenvalue weighted by Gasteiger charge is -2.23. The van der Waals surface area contributed by atoms with Gasteiger partial charge in [-0.1, -0.05) is 44.0 Å². The van der Waals surface area contributed by atoms with E-state index in [2.05, 4.69) is 17.8 Å². The van der Waals surface area contributed by atoms with Gasteiger partial charge in [-0.15, -0.1) is 12.4 Å². The van der Waals surface area contributed by atoms with Crippen molar-refractivity contribution in [3.63, 3.8) is 0 Å². The van der Waals surface area contributed by atoms with Crippen LogP contribution in [0.4, 0.5) is 0 Å². The number of hydroxylamine groups is 1. The Labute approximate surface area is 165 Å². The molecule has 1 atom stereocenters. The first-order valence-electron chi connectivity index (χ1n) is 7.85. The lowest BCUT2D eigenvalue weighted by Crippen LogP contribution is -2.50. The molecule has 1 aromatic rings. The molecule has 9 heteroatoms. The van der Waals surface area contributed by atoms with Crippen LogP contribution in [0.3, 0.4) is 0 Å². The van der Waals surface area contributed by atoms with Gasteiger partial charge in [0.1, 0.15) is 0 Å². The maximum Gasteiger partial charge on any atom is 0.241 e. The molecule has 0 fully saturated rings. The molecule has 0 heterocycles. The van der Waals surface area contributed by atoms with E-state index in [9.17, 15) is 4.79 Å². The SMILES string of the molecule is CCCN(NC(=N)NOc1c(Cl)cc(Cl)cc1C(C)CC)C(C)=O.Cl. The molecule has 142 valence electrons. The van der Waals surface area contributed by atoms with Crippen molar-refractivity contribution in [2.45, 2.75) is 46.5 Å². The highest BCUT2D eigenvalue weighted by Crippen LogP contribution is 2.37. The smallest absolute Gasteiger partial charge is 0.241 e. The number of nitrogens with one attached hydrogen (secondary N) is 3. The van der Waals surface area contributed by atoms with Gasteiger partial charge in [0.05, 0.1) is 5.02 Å². The van der Waals surface area contributed by atoms with Crippen molar-refractivity contribution in [2.75, 3.05) is 6.54 Å². The third-order valence-electron chi connectivity index (χ3n) is 3.51. The fraction of sp³-hybridized carbons (Fsp3) is 0.500. The van der Waals surface area contributed by atoms with Gasteiger partial charge in [-0.25, -0.2) is 0 Å². The van der Waals surface area contributed by atoms with E-state index in [0.717, 1.165) is 18.4 Å². The number of rotatable bonds is 6. The summed E-state index contributed by atoms with van der Waals surface area (Å²) < 4.78 is 0. The van der Waals surface area contributed by atoms with Crippen LogP contribution >= 0.6 is 35.6 Å². The Morgan fingerprint density at radius 2 is 2.00 bits per heavy atom. The number of hydrogen-bond donors (Lipinski definition) is 3. The number of benzene rings is 1. The zero-order valence-electron chi connectivity index (χ0n) is 14.8. The predicted molar refractivity (Wildman–Crippen MR) is 105 cm³/mol. The molecule has 25 heavy (non-hydrogen) atoms. The minimum Gasteiger partial charge on any atom is -0.377 e. The van der Waals surface area contributed by atoms with Crippen LogP contribution in [-0.4, -0.2) is 23.4 Å². The van der Waals surface area contributed by atoms with E-state index >= 15 is 0 Å². The van der Waals surface area contributed by atoms with E-state index in [1.807, 2.05) is 13.8 Å². The first kappa shape index (κ1) is 23.6. The van der Waals surface area contributed by atoms with Gasteiger partial charge in [0, 0.05) is 24.1 Å². The molecule has 0 aliphatic heterocycles. The second-order valence-corrected chi connectivity index (χ2v) is 6.32. The number of carbonyl (C=O) groups is 1. The van der Waals surface area contributed by atoms with Gasteiger partial charge in [0.25, 0.3) is 0 Å². The maximum atomic E-state index is 11.5. The summed E-state index contributed by atoms with van der Waals surface area (Å²) in [6, 6.07) is 3.39. The minimum atomic E-state index is -0.187. The highest BCUT2D eigenvalue weighted by Gasteiger charge is 2.17. The second kappa shape index (κ2) is 11.3. The number of hydrazine groups is 1. The standard InChI is InChI=1S/C16H24Cl2N4O2.ClH/c1-5-7-22(11(4)23)20-16(19)21-24-15-13(10(3)6-2)8-12(17)9-14(15)18;/h8-10H,5-7H2,1-4H3,(H3,19,20,21);1H. The number of hydrogen-bond acceptors (Lipinski definition) is 3. The van der Waals surface area contributed by atoms with Gasteiger partial charge in [-0.05, 0) is 30.9 Å². The molecular formula is C16H25Cl3N4O2. The molecule has 0 bridgehead atoms. The second-order valence-electron chi connectivity index (χ2n) is 5.48. The highest BCUT2D eigenvalue weighted by molar-refractivity contribution is 6.35. The third-order valence-corrected chi connectivity index (χ3v) is 4.01. The Hall–Kier alpha value is -1.37. The molecule has 6 nitrogen and oxygen atoms in total. The summed E-state index contributed by atoms with van der Waals surface area (Å²) in [6.07, 6.45) is 1.65. The van der Waals surface area contributed by atoms with Crippen molar-refractivity contribution >= 4 is 47.5 Å². The Bertz CT molecular complexity index is 599. The lowest BCUT2D eigenvalue weighted by atomic mass is 9.98. The minimum absolute atomic E-state index is 0. The largest absolute Gasteiger partial charge is 0.377 e. The molecule has 0 aliphatic rings. The third kappa shape index (κ3) is 7.18. The summed E-state index contributed by atoms with van der Waals surface area (Å²) in [5, 5.41) is 10.1. The molecule has 0 spiro atoms. The molecule has 0 aromatic heterocycles. The Morgan fingerprint density at radius 3 is 2.52 bits per heavy atom. The van der Waals surface area contributed by atoms with Gasteiger partial charge < -0.3 is 4.84 Å². The fourth-order valence-corrected chi connectivity index (χ4v) is 2.60. The molecular weight excluding hydrogens is 387 g/mol. The van der Waals surface area contributed by atoms with E-state index in [1.54, 1.807) is 12.1 Å². The van der Waals surface area contributed by atoms with Gasteiger partial charge >= 0.3 is 0 Å². The Morgan fingerprint density at radius 1 is 1.36 bits per heavy atom. The van der Waals surface area contributed by atoms with Crippen LogP contribution in [0.1, 0.15) is 52.0 Å². The van der Waals surface area contributed by atoms with Crippen LogP contribution in [0, 0.1) is 5.41 Å². The van der Waals surface area contributed by atoms with Crippen molar-refractivity contribution in [3.05, 3.63) is 27.7 Å². The number of guanidine groups is 1. The molecule has 0 saturated heterocycles. The first-order chi connectivity index (χ1) is 11.3. The number of amides is 1. The van der Waals surface area contributed by atoms with Crippen molar-refractivity contribution in [3.8, 4) is 5.75 Å². The molecule has 0 radical (unpaired) electrons. The summed E-state index contributed by atoms with van der Waals surface area (Å²) in [5.74, 6) is 0.258. The average Bonchev–Trinajstić information content (AvgIpc) is 2.52. The molecule has 1 rings (SSSR count). The van der Waals surface area contributed by atoms with Gasteiger partial charge in [0.15, 0.2) is 5.75 Å². The van der Waals surface area contributed by atoms with E-state index in [0.29, 0.717) is 22.3 Å².